The highest BCUT2D eigenvalue weighted by molar-refractivity contribution is 5.94. The summed E-state index contributed by atoms with van der Waals surface area (Å²) in [5.41, 5.74) is 1.29. The van der Waals surface area contributed by atoms with Gasteiger partial charge in [-0.1, -0.05) is 13.8 Å². The molecule has 0 bridgehead atoms. The average molecular weight is 496 g/mol. The van der Waals surface area contributed by atoms with Crippen molar-refractivity contribution < 1.29 is 18.0 Å². The molecule has 1 fully saturated rings. The third-order valence-corrected chi connectivity index (χ3v) is 7.06. The maximum Gasteiger partial charge on any atom is 0.183 e. The van der Waals surface area contributed by atoms with Gasteiger partial charge in [-0.25, -0.2) is 28.1 Å². The molecule has 0 radical (unpaired) electrons. The molecule has 3 aromatic heterocycles. The number of nitrogens with zero attached hydrogens (tertiary/aromatic N) is 4. The normalized spacial score (nSPS) is 19.6. The van der Waals surface area contributed by atoms with Gasteiger partial charge >= 0.3 is 0 Å². The van der Waals surface area contributed by atoms with Gasteiger partial charge in [0.2, 0.25) is 0 Å². The first-order valence-corrected chi connectivity index (χ1v) is 12.1. The summed E-state index contributed by atoms with van der Waals surface area (Å²) in [7, 11) is 1.83. The minimum atomic E-state index is -0.714. The summed E-state index contributed by atoms with van der Waals surface area (Å²) in [6.45, 7) is 4.35. The van der Waals surface area contributed by atoms with Crippen LogP contribution in [0.2, 0.25) is 0 Å². The highest BCUT2D eigenvalue weighted by Gasteiger charge is 2.36. The number of rotatable bonds is 6. The molecule has 9 heteroatoms. The molecule has 4 aromatic rings. The van der Waals surface area contributed by atoms with Crippen molar-refractivity contribution in [3.8, 4) is 11.4 Å². The van der Waals surface area contributed by atoms with E-state index >= 15 is 0 Å². The smallest absolute Gasteiger partial charge is 0.183 e. The Labute approximate surface area is 207 Å². The van der Waals surface area contributed by atoms with Gasteiger partial charge in [0.25, 0.3) is 0 Å². The summed E-state index contributed by atoms with van der Waals surface area (Å²) in [4.78, 5) is 28.3. The lowest BCUT2D eigenvalue weighted by Gasteiger charge is -2.40. The Hall–Kier alpha value is -3.49. The van der Waals surface area contributed by atoms with E-state index in [-0.39, 0.29) is 40.1 Å². The highest BCUT2D eigenvalue weighted by Crippen LogP contribution is 2.44. The molecule has 5 rings (SSSR count). The first kappa shape index (κ1) is 24.2. The molecular weight excluding hydrogens is 467 g/mol. The van der Waals surface area contributed by atoms with Crippen molar-refractivity contribution in [3.05, 3.63) is 65.9 Å². The molecule has 0 amide bonds. The zero-order valence-corrected chi connectivity index (χ0v) is 20.5. The van der Waals surface area contributed by atoms with E-state index in [0.29, 0.717) is 29.5 Å². The minimum absolute atomic E-state index is 0.00376. The predicted octanol–water partition coefficient (Wildman–Crippen LogP) is 6.03. The van der Waals surface area contributed by atoms with Crippen LogP contribution >= 0.6 is 0 Å². The molecule has 188 valence electrons. The topological polar surface area (TPSA) is 76.5 Å². The Balaban J connectivity index is 1.38. The number of Topliss-reactive ketones (excluding diaryl/α,β-unsaturated/α-hetero) is 1. The molecule has 6 nitrogen and oxygen atoms in total. The number of benzene rings is 1. The van der Waals surface area contributed by atoms with Gasteiger partial charge in [-0.3, -0.25) is 4.79 Å². The second-order valence-electron chi connectivity index (χ2n) is 10.8. The lowest BCUT2D eigenvalue weighted by Crippen LogP contribution is -2.31. The fourth-order valence-corrected chi connectivity index (χ4v) is 5.81. The molecule has 1 saturated carbocycles. The number of carbonyl (C=O) groups excluding carboxylic acids is 1. The third kappa shape index (κ3) is 4.92. The number of imidazole rings is 1. The molecule has 2 atom stereocenters. The summed E-state index contributed by atoms with van der Waals surface area (Å²) in [6.07, 6.45) is 9.33. The Bertz CT molecular complexity index is 1440. The number of hydrogen-bond donors (Lipinski definition) is 1. The van der Waals surface area contributed by atoms with Crippen molar-refractivity contribution >= 4 is 16.7 Å². The fourth-order valence-electron chi connectivity index (χ4n) is 5.81. The summed E-state index contributed by atoms with van der Waals surface area (Å²) in [6, 6.07) is 2.02. The quantitative estimate of drug-likeness (QED) is 0.331. The summed E-state index contributed by atoms with van der Waals surface area (Å²) < 4.78 is 44.6. The second kappa shape index (κ2) is 9.19. The van der Waals surface area contributed by atoms with Crippen LogP contribution in [0.25, 0.3) is 22.3 Å². The van der Waals surface area contributed by atoms with Gasteiger partial charge in [0, 0.05) is 42.9 Å². The number of H-pyrrole nitrogens is 1. The maximum absolute atomic E-state index is 14.8. The number of nitrogens with one attached hydrogen (secondary N) is 1. The van der Waals surface area contributed by atoms with Gasteiger partial charge in [-0.15, -0.1) is 0 Å². The molecule has 36 heavy (non-hydrogen) atoms. The predicted molar refractivity (Wildman–Crippen MR) is 130 cm³/mol. The maximum atomic E-state index is 14.8. The molecule has 3 heterocycles. The first-order chi connectivity index (χ1) is 17.1. The van der Waals surface area contributed by atoms with E-state index in [1.54, 1.807) is 17.1 Å². The van der Waals surface area contributed by atoms with E-state index in [1.807, 2.05) is 7.05 Å². The van der Waals surface area contributed by atoms with Crippen LogP contribution in [-0.2, 0) is 13.5 Å². The van der Waals surface area contributed by atoms with Crippen LogP contribution < -0.4 is 0 Å². The third-order valence-electron chi connectivity index (χ3n) is 7.06. The van der Waals surface area contributed by atoms with Gasteiger partial charge < -0.3 is 9.55 Å². The van der Waals surface area contributed by atoms with E-state index in [2.05, 4.69) is 33.8 Å². The zero-order valence-electron chi connectivity index (χ0n) is 20.5. The van der Waals surface area contributed by atoms with Crippen molar-refractivity contribution in [2.75, 3.05) is 0 Å². The number of aromatic amines is 1. The Morgan fingerprint density at radius 3 is 2.67 bits per heavy atom. The number of halogens is 3. The van der Waals surface area contributed by atoms with Crippen molar-refractivity contribution in [3.63, 3.8) is 0 Å². The van der Waals surface area contributed by atoms with Crippen LogP contribution in [0.4, 0.5) is 13.2 Å². The molecule has 0 saturated heterocycles. The SMILES string of the molecule is Cn1cnc(C(=O)CC2CC(Cc3nc(-c4c[nH]c5c(F)cc(F)cc45)ncc3F)CC(C)(C)C2)c1. The number of aryl methyl sites for hydroxylation is 1. The molecule has 1 N–H and O–H groups in total. The van der Waals surface area contributed by atoms with E-state index in [0.717, 1.165) is 31.5 Å². The zero-order chi connectivity index (χ0) is 25.6. The monoisotopic (exact) mass is 495 g/mol. The van der Waals surface area contributed by atoms with Gasteiger partial charge in [-0.05, 0) is 49.0 Å². The fraction of sp³-hybridized carbons (Fsp3) is 0.407. The van der Waals surface area contributed by atoms with Crippen molar-refractivity contribution in [1.82, 2.24) is 24.5 Å². The molecule has 1 aromatic carbocycles. The van der Waals surface area contributed by atoms with Crippen LogP contribution in [0.15, 0.2) is 37.1 Å². The van der Waals surface area contributed by atoms with Crippen molar-refractivity contribution in [2.24, 2.45) is 24.3 Å². The Morgan fingerprint density at radius 2 is 1.92 bits per heavy atom. The van der Waals surface area contributed by atoms with Crippen molar-refractivity contribution in [2.45, 2.75) is 46.0 Å². The molecule has 0 aliphatic heterocycles. The van der Waals surface area contributed by atoms with Crippen LogP contribution in [0.3, 0.4) is 0 Å². The minimum Gasteiger partial charge on any atom is -0.358 e. The van der Waals surface area contributed by atoms with Crippen LogP contribution in [0.1, 0.15) is 55.7 Å². The number of fused-ring (bicyclic) bond motifs is 1. The summed E-state index contributed by atoms with van der Waals surface area (Å²) in [5, 5.41) is 0.303. The van der Waals surface area contributed by atoms with Gasteiger partial charge in [0.15, 0.2) is 17.4 Å². The average Bonchev–Trinajstić information content (AvgIpc) is 3.41. The van der Waals surface area contributed by atoms with Crippen LogP contribution in [0, 0.1) is 34.7 Å². The van der Waals surface area contributed by atoms with Crippen LogP contribution in [0.5, 0.6) is 0 Å². The van der Waals surface area contributed by atoms with E-state index in [9.17, 15) is 18.0 Å². The molecule has 1 aliphatic rings. The van der Waals surface area contributed by atoms with Gasteiger partial charge in [-0.2, -0.15) is 0 Å². The Morgan fingerprint density at radius 1 is 1.14 bits per heavy atom. The van der Waals surface area contributed by atoms with Crippen molar-refractivity contribution in [1.29, 1.82) is 0 Å². The molecule has 2 unspecified atom stereocenters. The summed E-state index contributed by atoms with van der Waals surface area (Å²) >= 11 is 0. The van der Waals surface area contributed by atoms with Gasteiger partial charge in [0.1, 0.15) is 17.3 Å². The van der Waals surface area contributed by atoms with E-state index in [1.165, 1.54) is 12.3 Å². The second-order valence-corrected chi connectivity index (χ2v) is 10.8. The molecule has 0 spiro atoms. The molecular formula is C27H28F3N5O. The molecule has 1 aliphatic carbocycles. The lowest BCUT2D eigenvalue weighted by atomic mass is 9.65. The largest absolute Gasteiger partial charge is 0.358 e. The first-order valence-electron chi connectivity index (χ1n) is 12.1. The van der Waals surface area contributed by atoms with Crippen LogP contribution in [-0.4, -0.2) is 30.3 Å². The lowest BCUT2D eigenvalue weighted by molar-refractivity contribution is 0.0842. The standard InChI is InChI=1S/C27H28F3N5O/c1-27(2)9-15(4-16(10-27)6-24(36)23-13-35(3)14-33-23)5-22-21(30)12-32-26(34-22)19-11-31-25-18(19)7-17(28)8-20(25)29/h7-8,11-16,31H,4-6,9-10H2,1-3H3. The van der Waals surface area contributed by atoms with E-state index in [4.69, 9.17) is 0 Å². The number of aromatic nitrogens is 5. The van der Waals surface area contributed by atoms with E-state index < -0.39 is 17.5 Å². The highest BCUT2D eigenvalue weighted by atomic mass is 19.1. The summed E-state index contributed by atoms with van der Waals surface area (Å²) in [5.74, 6) is -1.41. The number of hydrogen-bond acceptors (Lipinski definition) is 4. The Kier molecular flexibility index (Phi) is 6.18. The number of ketones is 1. The van der Waals surface area contributed by atoms with Gasteiger partial charge in [0.05, 0.1) is 23.7 Å². The number of carbonyl (C=O) groups is 1.